The number of unbranched alkanes of at least 4 members (excludes halogenated alkanes) is 1. The molecule has 0 saturated carbocycles. The van der Waals surface area contributed by atoms with Crippen molar-refractivity contribution in [2.75, 3.05) is 13.2 Å². The molecule has 0 aromatic heterocycles. The molecule has 2 saturated heterocycles. The molecule has 7 nitrogen and oxygen atoms in total. The maximum atomic E-state index is 12.6. The van der Waals surface area contributed by atoms with E-state index in [9.17, 15) is 20.1 Å². The van der Waals surface area contributed by atoms with E-state index < -0.39 is 36.2 Å². The molecular weight excluding hydrogens is 328 g/mol. The van der Waals surface area contributed by atoms with Crippen molar-refractivity contribution < 1.29 is 34.3 Å². The highest BCUT2D eigenvalue weighted by atomic mass is 16.7. The minimum atomic E-state index is -1.96. The first-order valence-electron chi connectivity index (χ1n) is 8.60. The van der Waals surface area contributed by atoms with E-state index >= 15 is 0 Å². The van der Waals surface area contributed by atoms with Crippen molar-refractivity contribution in [3.8, 4) is 0 Å². The summed E-state index contributed by atoms with van der Waals surface area (Å²) in [7, 11) is 0. The van der Waals surface area contributed by atoms with Crippen LogP contribution in [-0.4, -0.2) is 58.6 Å². The smallest absolute Gasteiger partial charge is 0.341 e. The molecule has 0 bridgehead atoms. The summed E-state index contributed by atoms with van der Waals surface area (Å²) in [5, 5.41) is 30.7. The number of esters is 1. The van der Waals surface area contributed by atoms with Crippen LogP contribution in [0.5, 0.6) is 0 Å². The lowest BCUT2D eigenvalue weighted by Gasteiger charge is -2.27. The highest BCUT2D eigenvalue weighted by Gasteiger charge is 2.58. The quantitative estimate of drug-likeness (QED) is 0.516. The summed E-state index contributed by atoms with van der Waals surface area (Å²) in [5.41, 5.74) is 0.661. The number of rotatable bonds is 6. The normalized spacial score (nSPS) is 32.4. The zero-order chi connectivity index (χ0) is 18.0. The van der Waals surface area contributed by atoms with Gasteiger partial charge in [-0.15, -0.1) is 0 Å². The van der Waals surface area contributed by atoms with E-state index in [1.165, 1.54) is 0 Å². The van der Waals surface area contributed by atoms with Gasteiger partial charge in [0.25, 0.3) is 5.79 Å². The van der Waals surface area contributed by atoms with E-state index in [1.54, 1.807) is 24.3 Å². The second-order valence-corrected chi connectivity index (χ2v) is 6.58. The highest BCUT2D eigenvalue weighted by molar-refractivity contribution is 5.91. The second-order valence-electron chi connectivity index (χ2n) is 6.58. The van der Waals surface area contributed by atoms with Gasteiger partial charge in [-0.05, 0) is 18.1 Å². The summed E-state index contributed by atoms with van der Waals surface area (Å²) in [5.74, 6) is -2.72. The van der Waals surface area contributed by atoms with Gasteiger partial charge in [-0.2, -0.15) is 0 Å². The summed E-state index contributed by atoms with van der Waals surface area (Å²) in [6, 6.07) is 6.63. The molecule has 2 heterocycles. The van der Waals surface area contributed by atoms with Crippen LogP contribution in [0.15, 0.2) is 24.3 Å². The minimum Gasteiger partial charge on any atom is -0.424 e. The first-order chi connectivity index (χ1) is 12.0. The zero-order valence-corrected chi connectivity index (χ0v) is 14.1. The molecule has 1 aromatic rings. The van der Waals surface area contributed by atoms with E-state index in [0.717, 1.165) is 12.8 Å². The standard InChI is InChI=1S/C18H24O7/c1-2-3-8-13(19)11-6-4-5-7-12(11)17(21)25-18(22)10-24-15-14(20)9-23-16(15)18/h4-7,13-16,19-20,22H,2-3,8-10H2,1H3/t13?,14-,15-,16+,18+/m1/s1. The van der Waals surface area contributed by atoms with Crippen molar-refractivity contribution in [3.63, 3.8) is 0 Å². The maximum absolute atomic E-state index is 12.6. The van der Waals surface area contributed by atoms with Crippen molar-refractivity contribution in [3.05, 3.63) is 35.4 Å². The van der Waals surface area contributed by atoms with Gasteiger partial charge < -0.3 is 29.5 Å². The van der Waals surface area contributed by atoms with Gasteiger partial charge >= 0.3 is 5.97 Å². The molecule has 0 radical (unpaired) electrons. The molecule has 5 atom stereocenters. The SMILES string of the molecule is CCCCC(O)c1ccccc1C(=O)O[C@@]1(O)CO[C@@H]2[C@H](O)CO[C@@H]21. The summed E-state index contributed by atoms with van der Waals surface area (Å²) in [4.78, 5) is 12.6. The number of aliphatic hydroxyl groups is 3. The second kappa shape index (κ2) is 7.39. The molecule has 1 unspecified atom stereocenters. The lowest BCUT2D eigenvalue weighted by atomic mass is 9.98. The number of fused-ring (bicyclic) bond motifs is 1. The van der Waals surface area contributed by atoms with Crippen LogP contribution >= 0.6 is 0 Å². The fourth-order valence-corrected chi connectivity index (χ4v) is 3.31. The summed E-state index contributed by atoms with van der Waals surface area (Å²) >= 11 is 0. The first kappa shape index (κ1) is 18.3. The molecule has 3 rings (SSSR count). The number of carbonyl (C=O) groups is 1. The van der Waals surface area contributed by atoms with Crippen LogP contribution in [0, 0.1) is 0 Å². The van der Waals surface area contributed by atoms with Crippen LogP contribution in [0.3, 0.4) is 0 Å². The number of hydrogen-bond acceptors (Lipinski definition) is 7. The van der Waals surface area contributed by atoms with Gasteiger partial charge in [0.1, 0.15) is 18.8 Å². The van der Waals surface area contributed by atoms with E-state index in [-0.39, 0.29) is 18.8 Å². The Morgan fingerprint density at radius 3 is 2.92 bits per heavy atom. The van der Waals surface area contributed by atoms with Gasteiger partial charge in [-0.25, -0.2) is 4.79 Å². The largest absolute Gasteiger partial charge is 0.424 e. The number of benzene rings is 1. The van der Waals surface area contributed by atoms with Crippen LogP contribution in [0.4, 0.5) is 0 Å². The Kier molecular flexibility index (Phi) is 5.41. The average molecular weight is 352 g/mol. The average Bonchev–Trinajstić information content (AvgIpc) is 3.14. The first-order valence-corrected chi connectivity index (χ1v) is 8.60. The summed E-state index contributed by atoms with van der Waals surface area (Å²) < 4.78 is 15.9. The Morgan fingerprint density at radius 2 is 2.16 bits per heavy atom. The molecule has 2 aliphatic heterocycles. The topological polar surface area (TPSA) is 105 Å². The third-order valence-corrected chi connectivity index (χ3v) is 4.69. The molecule has 25 heavy (non-hydrogen) atoms. The Labute approximate surface area is 146 Å². The Morgan fingerprint density at radius 1 is 1.40 bits per heavy atom. The van der Waals surface area contributed by atoms with Crippen molar-refractivity contribution in [1.29, 1.82) is 0 Å². The third-order valence-electron chi connectivity index (χ3n) is 4.69. The molecule has 2 aliphatic rings. The van der Waals surface area contributed by atoms with Gasteiger partial charge in [0.2, 0.25) is 0 Å². The van der Waals surface area contributed by atoms with Gasteiger partial charge in [0, 0.05) is 0 Å². The number of carbonyl (C=O) groups excluding carboxylic acids is 1. The van der Waals surface area contributed by atoms with Gasteiger partial charge in [-0.3, -0.25) is 0 Å². The molecule has 2 fully saturated rings. The van der Waals surface area contributed by atoms with Crippen LogP contribution in [-0.2, 0) is 14.2 Å². The molecule has 0 amide bonds. The third kappa shape index (κ3) is 3.56. The van der Waals surface area contributed by atoms with Crippen molar-refractivity contribution in [2.45, 2.75) is 56.4 Å². The van der Waals surface area contributed by atoms with E-state index in [0.29, 0.717) is 12.0 Å². The predicted molar refractivity (Wildman–Crippen MR) is 86.8 cm³/mol. The van der Waals surface area contributed by atoms with Gasteiger partial charge in [0.05, 0.1) is 18.3 Å². The van der Waals surface area contributed by atoms with Gasteiger partial charge in [0.15, 0.2) is 6.10 Å². The molecule has 0 spiro atoms. The Hall–Kier alpha value is -1.51. The number of ether oxygens (including phenoxy) is 3. The van der Waals surface area contributed by atoms with E-state index in [1.807, 2.05) is 6.92 Å². The molecule has 0 aliphatic carbocycles. The van der Waals surface area contributed by atoms with Crippen LogP contribution in [0.25, 0.3) is 0 Å². The summed E-state index contributed by atoms with van der Waals surface area (Å²) in [6.07, 6.45) is -0.988. The minimum absolute atomic E-state index is 0.0154. The van der Waals surface area contributed by atoms with E-state index in [4.69, 9.17) is 14.2 Å². The number of hydrogen-bond donors (Lipinski definition) is 3. The lowest BCUT2D eigenvalue weighted by Crippen LogP contribution is -2.47. The zero-order valence-electron chi connectivity index (χ0n) is 14.1. The summed E-state index contributed by atoms with van der Waals surface area (Å²) in [6.45, 7) is 1.77. The number of aliphatic hydroxyl groups excluding tert-OH is 2. The molecule has 1 aromatic carbocycles. The highest BCUT2D eigenvalue weighted by Crippen LogP contribution is 2.36. The van der Waals surface area contributed by atoms with Crippen LogP contribution in [0.1, 0.15) is 48.2 Å². The van der Waals surface area contributed by atoms with Crippen LogP contribution < -0.4 is 0 Å². The Balaban J connectivity index is 1.76. The lowest BCUT2D eigenvalue weighted by molar-refractivity contribution is -0.211. The fraction of sp³-hybridized carbons (Fsp3) is 0.611. The molecule has 7 heteroatoms. The monoisotopic (exact) mass is 352 g/mol. The van der Waals surface area contributed by atoms with E-state index in [2.05, 4.69) is 0 Å². The van der Waals surface area contributed by atoms with Crippen molar-refractivity contribution in [1.82, 2.24) is 0 Å². The maximum Gasteiger partial charge on any atom is 0.341 e. The molecular formula is C18H24O7. The van der Waals surface area contributed by atoms with Crippen molar-refractivity contribution >= 4 is 5.97 Å². The molecule has 138 valence electrons. The van der Waals surface area contributed by atoms with Crippen molar-refractivity contribution in [2.24, 2.45) is 0 Å². The Bertz CT molecular complexity index is 619. The van der Waals surface area contributed by atoms with Crippen LogP contribution in [0.2, 0.25) is 0 Å². The molecule has 3 N–H and O–H groups in total. The van der Waals surface area contributed by atoms with Gasteiger partial charge in [-0.1, -0.05) is 38.0 Å². The fourth-order valence-electron chi connectivity index (χ4n) is 3.31. The predicted octanol–water partition coefficient (Wildman–Crippen LogP) is 0.914.